The molecule has 0 bridgehead atoms. The van der Waals surface area contributed by atoms with Crippen LogP contribution < -0.4 is 0 Å². The molecule has 0 aliphatic carbocycles. The molecule has 0 radical (unpaired) electrons. The van der Waals surface area contributed by atoms with Crippen molar-refractivity contribution in [2.75, 3.05) is 31.9 Å². The molecule has 1 aliphatic heterocycles. The first-order valence-electron chi connectivity index (χ1n) is 7.37. The van der Waals surface area contributed by atoms with Crippen LogP contribution in [0.1, 0.15) is 30.1 Å². The van der Waals surface area contributed by atoms with E-state index >= 15 is 0 Å². The van der Waals surface area contributed by atoms with Gasteiger partial charge in [-0.3, -0.25) is 4.79 Å². The van der Waals surface area contributed by atoms with Gasteiger partial charge in [0, 0.05) is 31.7 Å². The molecule has 1 aromatic carbocycles. The molecule has 2 rings (SSSR count). The Morgan fingerprint density at radius 2 is 1.71 bits per heavy atom. The predicted molar refractivity (Wildman–Crippen MR) is 82.6 cm³/mol. The number of carbonyl (C=O) groups is 1. The summed E-state index contributed by atoms with van der Waals surface area (Å²) in [5.41, 5.74) is 0.653. The first-order chi connectivity index (χ1) is 10.0. The summed E-state index contributed by atoms with van der Waals surface area (Å²) in [6, 6.07) is 9.10. The van der Waals surface area contributed by atoms with Crippen LogP contribution in [0.2, 0.25) is 0 Å². The average molecular weight is 310 g/mol. The Bertz CT molecular complexity index is 564. The minimum atomic E-state index is -3.16. The number of unbranched alkanes of at least 4 members (excludes halogenated alkanes) is 1. The van der Waals surface area contributed by atoms with E-state index in [9.17, 15) is 13.2 Å². The lowest BCUT2D eigenvalue weighted by molar-refractivity contribution is 0.0698. The fourth-order valence-electron chi connectivity index (χ4n) is 2.39. The lowest BCUT2D eigenvalue weighted by Crippen LogP contribution is -2.51. The minimum Gasteiger partial charge on any atom is -0.336 e. The summed E-state index contributed by atoms with van der Waals surface area (Å²) in [5.74, 6) is 0.178. The lowest BCUT2D eigenvalue weighted by atomic mass is 10.2. The Hall–Kier alpha value is -1.40. The van der Waals surface area contributed by atoms with E-state index in [0.29, 0.717) is 38.2 Å². The standard InChI is InChI=1S/C15H22N2O3S/c1-2-3-13-21(19,20)17-11-9-16(10-12-17)15(18)14-7-5-4-6-8-14/h4-8H,2-3,9-13H2,1H3. The van der Waals surface area contributed by atoms with E-state index in [-0.39, 0.29) is 11.7 Å². The van der Waals surface area contributed by atoms with Crippen LogP contribution in [0.3, 0.4) is 0 Å². The molecule has 0 N–H and O–H groups in total. The summed E-state index contributed by atoms with van der Waals surface area (Å²) >= 11 is 0. The van der Waals surface area contributed by atoms with Crippen molar-refractivity contribution in [3.05, 3.63) is 35.9 Å². The maximum Gasteiger partial charge on any atom is 0.253 e. The number of nitrogens with zero attached hydrogens (tertiary/aromatic N) is 2. The van der Waals surface area contributed by atoms with Gasteiger partial charge in [0.1, 0.15) is 0 Å². The zero-order valence-corrected chi connectivity index (χ0v) is 13.2. The molecule has 116 valence electrons. The molecule has 1 aromatic rings. The Morgan fingerprint density at radius 1 is 1.10 bits per heavy atom. The zero-order valence-electron chi connectivity index (χ0n) is 12.4. The van der Waals surface area contributed by atoms with Gasteiger partial charge in [0.25, 0.3) is 5.91 Å². The molecular weight excluding hydrogens is 288 g/mol. The molecule has 1 heterocycles. The van der Waals surface area contributed by atoms with Gasteiger partial charge in [-0.25, -0.2) is 8.42 Å². The molecular formula is C15H22N2O3S. The zero-order chi connectivity index (χ0) is 15.3. The number of rotatable bonds is 5. The van der Waals surface area contributed by atoms with Crippen molar-refractivity contribution in [3.63, 3.8) is 0 Å². The molecule has 0 saturated carbocycles. The Morgan fingerprint density at radius 3 is 2.29 bits per heavy atom. The maximum absolute atomic E-state index is 12.3. The van der Waals surface area contributed by atoms with Gasteiger partial charge < -0.3 is 4.90 Å². The van der Waals surface area contributed by atoms with Gasteiger partial charge in [0.05, 0.1) is 5.75 Å². The molecule has 1 fully saturated rings. The third-order valence-corrected chi connectivity index (χ3v) is 5.65. The molecule has 1 saturated heterocycles. The van der Waals surface area contributed by atoms with Crippen LogP contribution in [-0.4, -0.2) is 55.5 Å². The summed E-state index contributed by atoms with van der Waals surface area (Å²) in [6.45, 7) is 3.68. The highest BCUT2D eigenvalue weighted by atomic mass is 32.2. The minimum absolute atomic E-state index is 0.0267. The van der Waals surface area contributed by atoms with Crippen LogP contribution in [0.25, 0.3) is 0 Å². The predicted octanol–water partition coefficient (Wildman–Crippen LogP) is 1.57. The molecule has 6 heteroatoms. The summed E-state index contributed by atoms with van der Waals surface area (Å²) in [7, 11) is -3.16. The van der Waals surface area contributed by atoms with Crippen molar-refractivity contribution in [2.45, 2.75) is 19.8 Å². The number of benzene rings is 1. The Balaban J connectivity index is 1.93. The molecule has 1 amide bonds. The summed E-state index contributed by atoms with van der Waals surface area (Å²) in [4.78, 5) is 14.0. The highest BCUT2D eigenvalue weighted by molar-refractivity contribution is 7.89. The number of piperazine rings is 1. The van der Waals surface area contributed by atoms with E-state index in [1.54, 1.807) is 17.0 Å². The van der Waals surface area contributed by atoms with Crippen molar-refractivity contribution in [1.29, 1.82) is 0 Å². The van der Waals surface area contributed by atoms with Gasteiger partial charge in [0.2, 0.25) is 10.0 Å². The molecule has 0 atom stereocenters. The van der Waals surface area contributed by atoms with Gasteiger partial charge in [-0.2, -0.15) is 4.31 Å². The van der Waals surface area contributed by atoms with E-state index in [2.05, 4.69) is 0 Å². The second kappa shape index (κ2) is 7.04. The second-order valence-corrected chi connectivity index (χ2v) is 7.32. The van der Waals surface area contributed by atoms with Gasteiger partial charge in [0.15, 0.2) is 0 Å². The van der Waals surface area contributed by atoms with Gasteiger partial charge in [-0.1, -0.05) is 31.5 Å². The number of amides is 1. The Labute approximate surface area is 126 Å². The number of hydrogen-bond donors (Lipinski definition) is 0. The van der Waals surface area contributed by atoms with Crippen LogP contribution in [0.15, 0.2) is 30.3 Å². The second-order valence-electron chi connectivity index (χ2n) is 5.23. The first-order valence-corrected chi connectivity index (χ1v) is 8.97. The normalized spacial score (nSPS) is 16.9. The number of carbonyl (C=O) groups excluding carboxylic acids is 1. The third-order valence-electron chi connectivity index (χ3n) is 3.70. The lowest BCUT2D eigenvalue weighted by Gasteiger charge is -2.34. The van der Waals surface area contributed by atoms with Crippen molar-refractivity contribution >= 4 is 15.9 Å². The van der Waals surface area contributed by atoms with E-state index in [1.165, 1.54) is 4.31 Å². The van der Waals surface area contributed by atoms with E-state index in [0.717, 1.165) is 6.42 Å². The molecule has 21 heavy (non-hydrogen) atoms. The molecule has 0 spiro atoms. The SMILES string of the molecule is CCCCS(=O)(=O)N1CCN(C(=O)c2ccccc2)CC1. The monoisotopic (exact) mass is 310 g/mol. The molecule has 5 nitrogen and oxygen atoms in total. The van der Waals surface area contributed by atoms with Crippen molar-refractivity contribution < 1.29 is 13.2 Å². The van der Waals surface area contributed by atoms with Crippen molar-refractivity contribution in [2.24, 2.45) is 0 Å². The third kappa shape index (κ3) is 4.04. The highest BCUT2D eigenvalue weighted by Crippen LogP contribution is 2.12. The van der Waals surface area contributed by atoms with Crippen LogP contribution in [0.5, 0.6) is 0 Å². The van der Waals surface area contributed by atoms with Crippen LogP contribution in [0, 0.1) is 0 Å². The quantitative estimate of drug-likeness (QED) is 0.829. The largest absolute Gasteiger partial charge is 0.336 e. The topological polar surface area (TPSA) is 57.7 Å². The highest BCUT2D eigenvalue weighted by Gasteiger charge is 2.28. The van der Waals surface area contributed by atoms with Crippen molar-refractivity contribution in [3.8, 4) is 0 Å². The summed E-state index contributed by atoms with van der Waals surface area (Å²) < 4.78 is 25.7. The molecule has 0 aromatic heterocycles. The fraction of sp³-hybridized carbons (Fsp3) is 0.533. The van der Waals surface area contributed by atoms with Crippen LogP contribution in [-0.2, 0) is 10.0 Å². The van der Waals surface area contributed by atoms with Crippen molar-refractivity contribution in [1.82, 2.24) is 9.21 Å². The van der Waals surface area contributed by atoms with Crippen LogP contribution >= 0.6 is 0 Å². The van der Waals surface area contributed by atoms with Gasteiger partial charge >= 0.3 is 0 Å². The number of sulfonamides is 1. The average Bonchev–Trinajstić information content (AvgIpc) is 2.53. The Kier molecular flexibility index (Phi) is 5.36. The summed E-state index contributed by atoms with van der Waals surface area (Å²) in [6.07, 6.45) is 1.55. The van der Waals surface area contributed by atoms with Crippen LogP contribution in [0.4, 0.5) is 0 Å². The van der Waals surface area contributed by atoms with E-state index in [1.807, 2.05) is 25.1 Å². The molecule has 0 unspecified atom stereocenters. The van der Waals surface area contributed by atoms with E-state index < -0.39 is 10.0 Å². The van der Waals surface area contributed by atoms with E-state index in [4.69, 9.17) is 0 Å². The van der Waals surface area contributed by atoms with Gasteiger partial charge in [-0.15, -0.1) is 0 Å². The summed E-state index contributed by atoms with van der Waals surface area (Å²) in [5, 5.41) is 0. The molecule has 1 aliphatic rings. The number of hydrogen-bond acceptors (Lipinski definition) is 3. The van der Waals surface area contributed by atoms with Gasteiger partial charge in [-0.05, 0) is 18.6 Å². The first kappa shape index (κ1) is 16.0. The smallest absolute Gasteiger partial charge is 0.253 e. The maximum atomic E-state index is 12.3. The fourth-order valence-corrected chi connectivity index (χ4v) is 4.02.